The van der Waals surface area contributed by atoms with E-state index in [0.717, 1.165) is 65.3 Å². The Kier molecular flexibility index (Phi) is 6.24. The molecule has 0 amide bonds. The monoisotopic (exact) mass is 460 g/mol. The van der Waals surface area contributed by atoms with Gasteiger partial charge in [0, 0.05) is 43.0 Å². The fourth-order valence-corrected chi connectivity index (χ4v) is 5.01. The number of fused-ring (bicyclic) bond motifs is 1. The van der Waals surface area contributed by atoms with Gasteiger partial charge >= 0.3 is 0 Å². The van der Waals surface area contributed by atoms with Gasteiger partial charge in [-0.25, -0.2) is 14.4 Å². The van der Waals surface area contributed by atoms with E-state index in [1.165, 1.54) is 6.07 Å². The minimum Gasteiger partial charge on any atom is -0.392 e. The van der Waals surface area contributed by atoms with Crippen molar-refractivity contribution in [3.63, 3.8) is 0 Å². The number of nitrogens with zero attached hydrogens (tertiary/aromatic N) is 5. The second-order valence-corrected chi connectivity index (χ2v) is 9.21. The fraction of sp³-hybridized carbons (Fsp3) is 0.385. The second kappa shape index (κ2) is 9.46. The first-order valence-corrected chi connectivity index (χ1v) is 11.7. The van der Waals surface area contributed by atoms with Crippen molar-refractivity contribution in [2.45, 2.75) is 44.6 Å². The van der Waals surface area contributed by atoms with Crippen molar-refractivity contribution in [1.29, 1.82) is 0 Å². The SMILES string of the molecule is Cc1nc(N)nc2c1C(=NOC1CCN(C)CC1)CC(c1ccc(F)cc1-c1cccnc1)C2. The number of aryl methyl sites for hydroxylation is 1. The van der Waals surface area contributed by atoms with Crippen LogP contribution in [0.4, 0.5) is 10.3 Å². The number of benzene rings is 1. The van der Waals surface area contributed by atoms with Gasteiger partial charge in [-0.2, -0.15) is 0 Å². The van der Waals surface area contributed by atoms with E-state index in [-0.39, 0.29) is 23.8 Å². The molecule has 7 nitrogen and oxygen atoms in total. The lowest BCUT2D eigenvalue weighted by Gasteiger charge is -2.30. The lowest BCUT2D eigenvalue weighted by molar-refractivity contribution is 0.0157. The Morgan fingerprint density at radius 1 is 1.15 bits per heavy atom. The van der Waals surface area contributed by atoms with Crippen LogP contribution in [0.15, 0.2) is 47.9 Å². The van der Waals surface area contributed by atoms with Crippen LogP contribution in [0.3, 0.4) is 0 Å². The third kappa shape index (κ3) is 4.63. The maximum atomic E-state index is 14.3. The van der Waals surface area contributed by atoms with Crippen molar-refractivity contribution >= 4 is 11.7 Å². The molecule has 0 bridgehead atoms. The van der Waals surface area contributed by atoms with E-state index in [1.807, 2.05) is 25.1 Å². The Morgan fingerprint density at radius 2 is 1.97 bits per heavy atom. The van der Waals surface area contributed by atoms with Gasteiger partial charge in [0.25, 0.3) is 0 Å². The number of hydrogen-bond donors (Lipinski definition) is 1. The predicted molar refractivity (Wildman–Crippen MR) is 130 cm³/mol. The molecule has 176 valence electrons. The van der Waals surface area contributed by atoms with Gasteiger partial charge in [-0.3, -0.25) is 4.98 Å². The molecule has 34 heavy (non-hydrogen) atoms. The average molecular weight is 461 g/mol. The summed E-state index contributed by atoms with van der Waals surface area (Å²) in [5, 5.41) is 4.65. The summed E-state index contributed by atoms with van der Waals surface area (Å²) in [6.45, 7) is 3.93. The molecule has 1 saturated heterocycles. The number of anilines is 1. The molecule has 3 heterocycles. The van der Waals surface area contributed by atoms with Crippen molar-refractivity contribution in [1.82, 2.24) is 19.9 Å². The molecule has 1 aromatic carbocycles. The molecule has 3 aromatic rings. The van der Waals surface area contributed by atoms with Gasteiger partial charge in [-0.1, -0.05) is 17.3 Å². The average Bonchev–Trinajstić information content (AvgIpc) is 2.83. The smallest absolute Gasteiger partial charge is 0.220 e. The van der Waals surface area contributed by atoms with Gasteiger partial charge in [0.15, 0.2) is 0 Å². The zero-order chi connectivity index (χ0) is 23.7. The molecule has 8 heteroatoms. The number of rotatable bonds is 4. The maximum absolute atomic E-state index is 14.3. The number of pyridine rings is 1. The van der Waals surface area contributed by atoms with Crippen molar-refractivity contribution < 1.29 is 9.23 Å². The van der Waals surface area contributed by atoms with Crippen LogP contribution < -0.4 is 5.73 Å². The first-order valence-electron chi connectivity index (χ1n) is 11.7. The summed E-state index contributed by atoms with van der Waals surface area (Å²) in [6.07, 6.45) is 6.78. The Bertz CT molecular complexity index is 1210. The van der Waals surface area contributed by atoms with E-state index >= 15 is 0 Å². The lowest BCUT2D eigenvalue weighted by atomic mass is 9.78. The van der Waals surface area contributed by atoms with Gasteiger partial charge in [0.2, 0.25) is 5.95 Å². The standard InChI is InChI=1S/C26H29FN6O/c1-16-25-23(31-26(28)30-16)12-18(13-24(25)32-34-20-7-10-33(2)11-8-20)21-6-5-19(27)14-22(21)17-4-3-9-29-15-17/h3-6,9,14-15,18,20H,7-8,10-13H2,1-2H3,(H2,28,30,31). The predicted octanol–water partition coefficient (Wildman–Crippen LogP) is 4.11. The topological polar surface area (TPSA) is 89.5 Å². The van der Waals surface area contributed by atoms with E-state index in [1.54, 1.807) is 18.5 Å². The molecule has 1 aliphatic heterocycles. The quantitative estimate of drug-likeness (QED) is 0.590. The van der Waals surface area contributed by atoms with E-state index in [9.17, 15) is 4.39 Å². The summed E-state index contributed by atoms with van der Waals surface area (Å²) in [7, 11) is 2.12. The summed E-state index contributed by atoms with van der Waals surface area (Å²) in [5.74, 6) is 0.0108. The van der Waals surface area contributed by atoms with Crippen LogP contribution in [-0.2, 0) is 11.3 Å². The third-order valence-electron chi connectivity index (χ3n) is 6.76. The number of nitrogen functional groups attached to an aromatic ring is 1. The summed E-state index contributed by atoms with van der Waals surface area (Å²) in [5.41, 5.74) is 12.1. The van der Waals surface area contributed by atoms with E-state index in [2.05, 4.69) is 32.1 Å². The molecule has 2 aromatic heterocycles. The van der Waals surface area contributed by atoms with Crippen LogP contribution in [0.25, 0.3) is 11.1 Å². The Balaban J connectivity index is 1.53. The summed E-state index contributed by atoms with van der Waals surface area (Å²) < 4.78 is 14.3. The van der Waals surface area contributed by atoms with Crippen LogP contribution in [0, 0.1) is 12.7 Å². The minimum absolute atomic E-state index is 0.0387. The number of piperidine rings is 1. The number of halogens is 1. The Hall–Kier alpha value is -3.39. The molecule has 0 saturated carbocycles. The molecule has 0 spiro atoms. The van der Waals surface area contributed by atoms with Crippen LogP contribution in [0.2, 0.25) is 0 Å². The van der Waals surface area contributed by atoms with Crippen molar-refractivity contribution in [3.05, 3.63) is 71.1 Å². The summed E-state index contributed by atoms with van der Waals surface area (Å²) in [6, 6.07) is 8.76. The first-order chi connectivity index (χ1) is 16.5. The van der Waals surface area contributed by atoms with Crippen LogP contribution in [0.1, 0.15) is 47.7 Å². The molecule has 0 radical (unpaired) electrons. The Labute approximate surface area is 198 Å². The molecule has 1 atom stereocenters. The molecular formula is C26H29FN6O. The number of hydrogen-bond acceptors (Lipinski definition) is 7. The van der Waals surface area contributed by atoms with Gasteiger partial charge in [-0.05, 0) is 68.5 Å². The fourth-order valence-electron chi connectivity index (χ4n) is 5.01. The Morgan fingerprint density at radius 3 is 2.74 bits per heavy atom. The molecule has 1 fully saturated rings. The first kappa shape index (κ1) is 22.4. The van der Waals surface area contributed by atoms with E-state index < -0.39 is 0 Å². The highest BCUT2D eigenvalue weighted by atomic mass is 19.1. The van der Waals surface area contributed by atoms with Gasteiger partial charge in [0.1, 0.15) is 11.9 Å². The largest absolute Gasteiger partial charge is 0.392 e. The number of oxime groups is 1. The molecule has 5 rings (SSSR count). The number of nitrogens with two attached hydrogens (primary N) is 1. The lowest BCUT2D eigenvalue weighted by Crippen LogP contribution is -2.34. The van der Waals surface area contributed by atoms with Gasteiger partial charge in [0.05, 0.1) is 17.1 Å². The summed E-state index contributed by atoms with van der Waals surface area (Å²) in [4.78, 5) is 21.5. The molecule has 2 aliphatic rings. The second-order valence-electron chi connectivity index (χ2n) is 9.21. The minimum atomic E-state index is -0.277. The van der Waals surface area contributed by atoms with E-state index in [4.69, 9.17) is 10.6 Å². The highest BCUT2D eigenvalue weighted by Gasteiger charge is 2.31. The number of aromatic nitrogens is 3. The third-order valence-corrected chi connectivity index (χ3v) is 6.76. The molecule has 1 unspecified atom stereocenters. The number of likely N-dealkylation sites (tertiary alicyclic amines) is 1. The van der Waals surface area contributed by atoms with Crippen molar-refractivity contribution in [3.8, 4) is 11.1 Å². The molecular weight excluding hydrogens is 431 g/mol. The van der Waals surface area contributed by atoms with Crippen molar-refractivity contribution in [2.75, 3.05) is 25.9 Å². The molecule has 2 N–H and O–H groups in total. The molecule has 1 aliphatic carbocycles. The van der Waals surface area contributed by atoms with Gasteiger partial charge < -0.3 is 15.5 Å². The zero-order valence-electron chi connectivity index (χ0n) is 19.5. The highest BCUT2D eigenvalue weighted by Crippen LogP contribution is 2.38. The highest BCUT2D eigenvalue weighted by molar-refractivity contribution is 6.03. The summed E-state index contributed by atoms with van der Waals surface area (Å²) >= 11 is 0. The van der Waals surface area contributed by atoms with Crippen LogP contribution >= 0.6 is 0 Å². The zero-order valence-corrected chi connectivity index (χ0v) is 19.5. The van der Waals surface area contributed by atoms with Crippen LogP contribution in [0.5, 0.6) is 0 Å². The van der Waals surface area contributed by atoms with Gasteiger partial charge in [-0.15, -0.1) is 0 Å². The van der Waals surface area contributed by atoms with Crippen LogP contribution in [-0.4, -0.2) is 51.8 Å². The van der Waals surface area contributed by atoms with Crippen molar-refractivity contribution in [2.24, 2.45) is 5.16 Å². The maximum Gasteiger partial charge on any atom is 0.220 e. The van der Waals surface area contributed by atoms with E-state index in [0.29, 0.717) is 12.8 Å². The normalized spacial score (nSPS) is 20.3.